The normalized spacial score (nSPS) is 15.9. The average Bonchev–Trinajstić information content (AvgIpc) is 1.63. The molecule has 85 heavy (non-hydrogen) atoms. The zero-order chi connectivity index (χ0) is 56.6. The summed E-state index contributed by atoms with van der Waals surface area (Å²) in [6, 6.07) is 99.5. The molecule has 4 heteroatoms. The van der Waals surface area contributed by atoms with Crippen LogP contribution in [0.2, 0.25) is 0 Å². The highest BCUT2D eigenvalue weighted by Gasteiger charge is 2.54. The summed E-state index contributed by atoms with van der Waals surface area (Å²) in [6.07, 6.45) is 2.36. The maximum absolute atomic E-state index is 7.19. The summed E-state index contributed by atoms with van der Waals surface area (Å²) < 4.78 is 9.74. The first-order chi connectivity index (χ1) is 41.6. The van der Waals surface area contributed by atoms with E-state index in [9.17, 15) is 0 Å². The van der Waals surface area contributed by atoms with Crippen molar-refractivity contribution in [1.82, 2.24) is 0 Å². The van der Waals surface area contributed by atoms with Crippen molar-refractivity contribution in [3.05, 3.63) is 294 Å². The molecule has 1 aromatic heterocycles. The number of anilines is 3. The number of thiophene rings is 1. The Morgan fingerprint density at radius 1 is 0.329 bits per heavy atom. The number of hydrogen-bond donors (Lipinski definition) is 0. The molecule has 0 saturated heterocycles. The highest BCUT2D eigenvalue weighted by Crippen LogP contribution is 2.63. The lowest BCUT2D eigenvalue weighted by Crippen LogP contribution is -2.70. The molecule has 0 atom stereocenters. The fourth-order valence-corrected chi connectivity index (χ4v) is 23.0. The highest BCUT2D eigenvalue weighted by atomic mass is 32.1. The molecule has 0 saturated carbocycles. The van der Waals surface area contributed by atoms with Gasteiger partial charge < -0.3 is 9.64 Å². The Hall–Kier alpha value is -9.32. The van der Waals surface area contributed by atoms with Gasteiger partial charge >= 0.3 is 0 Å². The smallest absolute Gasteiger partial charge is 0.182 e. The Labute approximate surface area is 502 Å². The van der Waals surface area contributed by atoms with Gasteiger partial charge in [-0.1, -0.05) is 222 Å². The number of fused-ring (bicyclic) bond motifs is 23. The monoisotopic (exact) mass is 1120 g/mol. The van der Waals surface area contributed by atoms with Crippen molar-refractivity contribution in [3.8, 4) is 67.1 Å². The van der Waals surface area contributed by atoms with Crippen LogP contribution in [0, 0.1) is 0 Å². The first kappa shape index (κ1) is 49.1. The molecule has 2 spiro atoms. The van der Waals surface area contributed by atoms with Crippen molar-refractivity contribution in [1.29, 1.82) is 0 Å². The van der Waals surface area contributed by atoms with Crippen LogP contribution in [0.3, 0.4) is 0 Å². The van der Waals surface area contributed by atoms with Gasteiger partial charge in [0.25, 0.3) is 0 Å². The molecule has 18 rings (SSSR count). The number of ether oxygens (including phenoxy) is 1. The Morgan fingerprint density at radius 2 is 0.800 bits per heavy atom. The molecule has 0 bridgehead atoms. The van der Waals surface area contributed by atoms with Crippen LogP contribution in [-0.2, 0) is 16.2 Å². The largest absolute Gasteiger partial charge is 0.457 e. The van der Waals surface area contributed by atoms with Gasteiger partial charge in [-0.05, 0) is 183 Å². The average molecular weight is 1120 g/mol. The standard InChI is InChI=1S/C81H59NOSSi/c1-79(2)42-43-80(3,4)70-47-53(32-37-67(70)79)50-18-17-19-54(44-50)82(56-35-38-69-72(49-56)83-71-28-13-12-27-68(71)81(69)65-25-10-5-20-57(65)58-21-6-11-26-66(58)81)55-36-40-74-63(48-55)62-45-51(33-39-73(62)84-74)52-34-41-78-64(46-52)61-24-9-16-31-77(61)85(78)75-29-14-7-22-59(75)60-23-8-15-30-76(60)85/h5-41,44-49H,42-43H2,1-4H3. The summed E-state index contributed by atoms with van der Waals surface area (Å²) in [5.41, 5.74) is 23.7. The lowest BCUT2D eigenvalue weighted by Gasteiger charge is -2.42. The van der Waals surface area contributed by atoms with Crippen molar-refractivity contribution in [2.75, 3.05) is 4.90 Å². The second-order valence-electron chi connectivity index (χ2n) is 25.7. The van der Waals surface area contributed by atoms with E-state index < -0.39 is 13.5 Å². The van der Waals surface area contributed by atoms with Crippen molar-refractivity contribution in [3.63, 3.8) is 0 Å². The number of para-hydroxylation sites is 1. The Morgan fingerprint density at radius 3 is 1.51 bits per heavy atom. The van der Waals surface area contributed by atoms with Crippen LogP contribution in [-0.4, -0.2) is 8.07 Å². The molecule has 0 amide bonds. The molecular weight excluding hydrogens is 1060 g/mol. The van der Waals surface area contributed by atoms with Gasteiger partial charge in [-0.25, -0.2) is 0 Å². The van der Waals surface area contributed by atoms with Crippen LogP contribution in [0.4, 0.5) is 17.1 Å². The van der Waals surface area contributed by atoms with Gasteiger partial charge in [0.1, 0.15) is 11.5 Å². The summed E-state index contributed by atoms with van der Waals surface area (Å²) in [5.74, 6) is 1.75. The maximum Gasteiger partial charge on any atom is 0.182 e. The van der Waals surface area contributed by atoms with E-state index in [2.05, 4.69) is 293 Å². The molecule has 0 fully saturated rings. The van der Waals surface area contributed by atoms with E-state index in [0.29, 0.717) is 0 Å². The zero-order valence-corrected chi connectivity index (χ0v) is 49.8. The van der Waals surface area contributed by atoms with E-state index >= 15 is 0 Å². The van der Waals surface area contributed by atoms with Crippen molar-refractivity contribution < 1.29 is 4.74 Å². The first-order valence-corrected chi connectivity index (χ1v) is 33.0. The third-order valence-corrected chi connectivity index (χ3v) is 26.6. The molecule has 2 aliphatic carbocycles. The summed E-state index contributed by atoms with van der Waals surface area (Å²) in [7, 11) is -2.53. The topological polar surface area (TPSA) is 12.5 Å². The molecule has 0 radical (unpaired) electrons. The van der Waals surface area contributed by atoms with Crippen molar-refractivity contribution >= 4 is 77.4 Å². The highest BCUT2D eigenvalue weighted by molar-refractivity contribution is 7.26. The van der Waals surface area contributed by atoms with Crippen molar-refractivity contribution in [2.24, 2.45) is 0 Å². The number of rotatable bonds is 5. The molecule has 2 nitrogen and oxygen atoms in total. The van der Waals surface area contributed by atoms with E-state index in [1.54, 1.807) is 0 Å². The molecule has 0 N–H and O–H groups in total. The molecule has 404 valence electrons. The van der Waals surface area contributed by atoms with Gasteiger partial charge in [-0.15, -0.1) is 11.3 Å². The quantitative estimate of drug-likeness (QED) is 0.159. The van der Waals surface area contributed by atoms with E-state index in [1.165, 1.54) is 137 Å². The van der Waals surface area contributed by atoms with E-state index in [-0.39, 0.29) is 10.8 Å². The maximum atomic E-state index is 7.19. The van der Waals surface area contributed by atoms with Crippen LogP contribution >= 0.6 is 11.3 Å². The molecule has 5 aliphatic rings. The molecule has 0 unspecified atom stereocenters. The van der Waals surface area contributed by atoms with E-state index in [4.69, 9.17) is 4.74 Å². The first-order valence-electron chi connectivity index (χ1n) is 30.2. The summed E-state index contributed by atoms with van der Waals surface area (Å²) in [4.78, 5) is 2.46. The van der Waals surface area contributed by atoms with E-state index in [0.717, 1.165) is 34.1 Å². The summed E-state index contributed by atoms with van der Waals surface area (Å²) in [6.45, 7) is 9.68. The van der Waals surface area contributed by atoms with Crippen LogP contribution in [0.25, 0.3) is 75.8 Å². The number of hydrogen-bond acceptors (Lipinski definition) is 3. The second kappa shape index (κ2) is 17.6. The van der Waals surface area contributed by atoms with Crippen LogP contribution in [0.15, 0.2) is 261 Å². The lowest BCUT2D eigenvalue weighted by atomic mass is 9.63. The van der Waals surface area contributed by atoms with Crippen LogP contribution in [0.5, 0.6) is 11.5 Å². The number of benzene rings is 12. The van der Waals surface area contributed by atoms with Crippen LogP contribution < -0.4 is 30.4 Å². The lowest BCUT2D eigenvalue weighted by molar-refractivity contribution is 0.332. The van der Waals surface area contributed by atoms with Crippen LogP contribution in [0.1, 0.15) is 73.9 Å². The summed E-state index contributed by atoms with van der Waals surface area (Å²) in [5, 5.41) is 8.53. The Kier molecular flexibility index (Phi) is 10.2. The SMILES string of the molecule is CC1(C)CCC(C)(C)c2cc(-c3cccc(N(c4ccc5c(c4)Oc4ccccc4C54c5ccccc5-c5ccccc54)c4ccc5sc6ccc(-c7ccc8c(c7)-c7ccccc7[Si]87c8ccccc8-c8ccccc87)cc6c5c4)c3)ccc21. The summed E-state index contributed by atoms with van der Waals surface area (Å²) >= 11 is 1.88. The minimum absolute atomic E-state index is 0.0915. The van der Waals surface area contributed by atoms with Gasteiger partial charge in [0.05, 0.1) is 5.41 Å². The fourth-order valence-electron chi connectivity index (χ4n) is 16.4. The van der Waals surface area contributed by atoms with Gasteiger partial charge in [0, 0.05) is 54.4 Å². The minimum atomic E-state index is -2.53. The molecule has 4 heterocycles. The number of nitrogens with zero attached hydrogens (tertiary/aromatic N) is 1. The molecule has 12 aromatic carbocycles. The second-order valence-corrected chi connectivity index (χ2v) is 30.4. The van der Waals surface area contributed by atoms with E-state index in [1.807, 2.05) is 11.3 Å². The predicted octanol–water partition coefficient (Wildman–Crippen LogP) is 19.0. The molecule has 3 aliphatic heterocycles. The zero-order valence-electron chi connectivity index (χ0n) is 48.0. The molecular formula is C81H59NOSSi. The van der Waals surface area contributed by atoms with Gasteiger partial charge in [-0.2, -0.15) is 0 Å². The molecule has 13 aromatic rings. The Bertz CT molecular complexity index is 4950. The van der Waals surface area contributed by atoms with Gasteiger partial charge in [-0.3, -0.25) is 0 Å². The predicted molar refractivity (Wildman–Crippen MR) is 359 cm³/mol. The minimum Gasteiger partial charge on any atom is -0.457 e. The Balaban J connectivity index is 0.805. The van der Waals surface area contributed by atoms with Gasteiger partial charge in [0.15, 0.2) is 8.07 Å². The third kappa shape index (κ3) is 6.70. The third-order valence-electron chi connectivity index (χ3n) is 20.4. The van der Waals surface area contributed by atoms with Crippen molar-refractivity contribution in [2.45, 2.75) is 56.8 Å². The fraction of sp³-hybridized carbons (Fsp3) is 0.111. The van der Waals surface area contributed by atoms with Gasteiger partial charge in [0.2, 0.25) is 0 Å².